The molecule has 0 saturated heterocycles. The summed E-state index contributed by atoms with van der Waals surface area (Å²) in [6.07, 6.45) is 0. The summed E-state index contributed by atoms with van der Waals surface area (Å²) in [6, 6.07) is 12.7. The van der Waals surface area contributed by atoms with Gasteiger partial charge in [0.05, 0.1) is 10.0 Å². The Morgan fingerprint density at radius 1 is 1.25 bits per heavy atom. The molecule has 104 valence electrons. The van der Waals surface area contributed by atoms with Crippen molar-refractivity contribution in [3.8, 4) is 11.5 Å². The van der Waals surface area contributed by atoms with E-state index in [9.17, 15) is 4.79 Å². The maximum absolute atomic E-state index is 11.4. The third-order valence-electron chi connectivity index (χ3n) is 2.75. The van der Waals surface area contributed by atoms with Crippen molar-refractivity contribution < 1.29 is 9.53 Å². The second-order valence-corrected chi connectivity index (χ2v) is 5.11. The molecule has 0 bridgehead atoms. The molecular formula is C15H15BrN2O2. The van der Waals surface area contributed by atoms with E-state index in [2.05, 4.69) is 21.2 Å². The lowest BCUT2D eigenvalue weighted by Gasteiger charge is -2.11. The zero-order chi connectivity index (χ0) is 14.5. The lowest BCUT2D eigenvalue weighted by atomic mass is 10.2. The van der Waals surface area contributed by atoms with Crippen LogP contribution in [0.4, 0.5) is 0 Å². The van der Waals surface area contributed by atoms with E-state index in [0.717, 1.165) is 16.6 Å². The number of nitrogens with one attached hydrogen (secondary N) is 1. The Bertz CT molecular complexity index is 629. The molecule has 1 amide bonds. The second-order valence-electron chi connectivity index (χ2n) is 4.26. The summed E-state index contributed by atoms with van der Waals surface area (Å²) >= 11 is 3.47. The van der Waals surface area contributed by atoms with Gasteiger partial charge in [-0.2, -0.15) is 0 Å². The molecule has 3 N–H and O–H groups in total. The summed E-state index contributed by atoms with van der Waals surface area (Å²) in [5.41, 5.74) is 6.83. The lowest BCUT2D eigenvalue weighted by Crippen LogP contribution is -2.12. The number of amides is 1. The quantitative estimate of drug-likeness (QED) is 0.883. The summed E-state index contributed by atoms with van der Waals surface area (Å²) in [5.74, 6) is 0.573. The Morgan fingerprint density at radius 3 is 2.65 bits per heavy atom. The molecule has 0 atom stereocenters. The van der Waals surface area contributed by atoms with E-state index >= 15 is 0 Å². The molecule has 0 aromatic heterocycles. The molecule has 5 heteroatoms. The number of halogens is 1. The van der Waals surface area contributed by atoms with Gasteiger partial charge in [0.1, 0.15) is 11.5 Å². The summed E-state index contributed by atoms with van der Waals surface area (Å²) in [4.78, 5) is 11.4. The summed E-state index contributed by atoms with van der Waals surface area (Å²) in [7, 11) is 1.89. The van der Waals surface area contributed by atoms with Gasteiger partial charge in [-0.25, -0.2) is 0 Å². The Hall–Kier alpha value is -1.85. The smallest absolute Gasteiger partial charge is 0.252 e. The lowest BCUT2D eigenvalue weighted by molar-refractivity contribution is 0.0998. The third-order valence-corrected chi connectivity index (χ3v) is 3.37. The first-order valence-corrected chi connectivity index (χ1v) is 6.91. The van der Waals surface area contributed by atoms with Gasteiger partial charge >= 0.3 is 0 Å². The Morgan fingerprint density at radius 2 is 2.00 bits per heavy atom. The molecule has 0 aliphatic heterocycles. The van der Waals surface area contributed by atoms with Crippen molar-refractivity contribution in [2.75, 3.05) is 7.05 Å². The van der Waals surface area contributed by atoms with Crippen molar-refractivity contribution in [1.82, 2.24) is 5.32 Å². The van der Waals surface area contributed by atoms with E-state index in [1.165, 1.54) is 0 Å². The van der Waals surface area contributed by atoms with Crippen LogP contribution in [0.5, 0.6) is 11.5 Å². The first kappa shape index (κ1) is 14.6. The number of carbonyl (C=O) groups excluding carboxylic acids is 1. The van der Waals surface area contributed by atoms with Crippen LogP contribution in [-0.2, 0) is 6.54 Å². The fourth-order valence-corrected chi connectivity index (χ4v) is 2.33. The van der Waals surface area contributed by atoms with E-state index in [1.807, 2.05) is 25.2 Å². The highest BCUT2D eigenvalue weighted by Gasteiger charge is 2.11. The number of hydrogen-bond donors (Lipinski definition) is 2. The van der Waals surface area contributed by atoms with Crippen LogP contribution in [0.25, 0.3) is 0 Å². The van der Waals surface area contributed by atoms with E-state index in [1.54, 1.807) is 24.3 Å². The van der Waals surface area contributed by atoms with Gasteiger partial charge in [-0.15, -0.1) is 0 Å². The molecule has 2 aromatic rings. The van der Waals surface area contributed by atoms with E-state index in [4.69, 9.17) is 10.5 Å². The number of hydrogen-bond acceptors (Lipinski definition) is 3. The average Bonchev–Trinajstić information content (AvgIpc) is 2.42. The highest BCUT2D eigenvalue weighted by Crippen LogP contribution is 2.32. The number of carbonyl (C=O) groups is 1. The molecule has 0 unspecified atom stereocenters. The van der Waals surface area contributed by atoms with Crippen molar-refractivity contribution in [1.29, 1.82) is 0 Å². The number of rotatable bonds is 5. The van der Waals surface area contributed by atoms with Crippen LogP contribution in [0.2, 0.25) is 0 Å². The minimum atomic E-state index is -0.511. The van der Waals surface area contributed by atoms with Crippen molar-refractivity contribution in [3.05, 3.63) is 58.1 Å². The number of ether oxygens (including phenoxy) is 1. The van der Waals surface area contributed by atoms with Gasteiger partial charge in [0, 0.05) is 6.54 Å². The van der Waals surface area contributed by atoms with Gasteiger partial charge in [-0.1, -0.05) is 18.2 Å². The third kappa shape index (κ3) is 3.37. The largest absolute Gasteiger partial charge is 0.455 e. The molecular weight excluding hydrogens is 320 g/mol. The predicted molar refractivity (Wildman–Crippen MR) is 81.9 cm³/mol. The molecule has 0 aliphatic carbocycles. The van der Waals surface area contributed by atoms with Crippen LogP contribution < -0.4 is 15.8 Å². The highest BCUT2D eigenvalue weighted by molar-refractivity contribution is 9.10. The van der Waals surface area contributed by atoms with Crippen LogP contribution in [0, 0.1) is 0 Å². The first-order valence-electron chi connectivity index (χ1n) is 6.11. The predicted octanol–water partition coefficient (Wildman–Crippen LogP) is 3.06. The van der Waals surface area contributed by atoms with Crippen LogP contribution >= 0.6 is 15.9 Å². The van der Waals surface area contributed by atoms with Crippen LogP contribution in [0.3, 0.4) is 0 Å². The first-order chi connectivity index (χ1) is 9.61. The van der Waals surface area contributed by atoms with Crippen molar-refractivity contribution in [2.45, 2.75) is 6.54 Å². The minimum Gasteiger partial charge on any atom is -0.455 e. The fraction of sp³-hybridized carbons (Fsp3) is 0.133. The Balaban J connectivity index is 2.29. The maximum atomic E-state index is 11.4. The van der Waals surface area contributed by atoms with Gasteiger partial charge in [0.2, 0.25) is 0 Å². The zero-order valence-corrected chi connectivity index (χ0v) is 12.6. The van der Waals surface area contributed by atoms with Crippen LogP contribution in [0.1, 0.15) is 15.9 Å². The molecule has 0 aliphatic rings. The summed E-state index contributed by atoms with van der Waals surface area (Å²) in [6.45, 7) is 0.775. The van der Waals surface area contributed by atoms with Crippen molar-refractivity contribution in [2.24, 2.45) is 5.73 Å². The number of para-hydroxylation sites is 1. The molecule has 2 aromatic carbocycles. The summed E-state index contributed by atoms with van der Waals surface area (Å²) in [5, 5.41) is 3.08. The van der Waals surface area contributed by atoms with Crippen LogP contribution in [-0.4, -0.2) is 13.0 Å². The Kier molecular flexibility index (Phi) is 4.76. The van der Waals surface area contributed by atoms with Gasteiger partial charge in [0.25, 0.3) is 5.91 Å². The number of nitrogens with two attached hydrogens (primary N) is 1. The van der Waals surface area contributed by atoms with E-state index in [-0.39, 0.29) is 0 Å². The second kappa shape index (κ2) is 6.54. The van der Waals surface area contributed by atoms with Crippen LogP contribution in [0.15, 0.2) is 46.9 Å². The van der Waals surface area contributed by atoms with Gasteiger partial charge in [0.15, 0.2) is 0 Å². The molecule has 0 radical (unpaired) electrons. The van der Waals surface area contributed by atoms with Gasteiger partial charge in [-0.05, 0) is 52.8 Å². The van der Waals surface area contributed by atoms with Gasteiger partial charge in [-0.3, -0.25) is 4.79 Å². The average molecular weight is 335 g/mol. The maximum Gasteiger partial charge on any atom is 0.252 e. The Labute approximate surface area is 126 Å². The molecule has 0 spiro atoms. The molecule has 0 fully saturated rings. The summed E-state index contributed by atoms with van der Waals surface area (Å²) < 4.78 is 6.59. The van der Waals surface area contributed by atoms with E-state index < -0.39 is 5.91 Å². The molecule has 4 nitrogen and oxygen atoms in total. The molecule has 20 heavy (non-hydrogen) atoms. The molecule has 0 heterocycles. The standard InChI is InChI=1S/C15H15BrN2O2/c1-18-9-10-6-7-14(12(16)8-10)20-13-5-3-2-4-11(13)15(17)19/h2-8,18H,9H2,1H3,(H2,17,19). The normalized spacial score (nSPS) is 10.3. The zero-order valence-electron chi connectivity index (χ0n) is 11.0. The minimum absolute atomic E-state index is 0.360. The topological polar surface area (TPSA) is 64.3 Å². The van der Waals surface area contributed by atoms with Gasteiger partial charge < -0.3 is 15.8 Å². The monoisotopic (exact) mass is 334 g/mol. The fourth-order valence-electron chi connectivity index (χ4n) is 1.82. The SMILES string of the molecule is CNCc1ccc(Oc2ccccc2C(N)=O)c(Br)c1. The number of benzene rings is 2. The number of primary amides is 1. The van der Waals surface area contributed by atoms with Crippen molar-refractivity contribution in [3.63, 3.8) is 0 Å². The highest BCUT2D eigenvalue weighted by atomic mass is 79.9. The van der Waals surface area contributed by atoms with E-state index in [0.29, 0.717) is 17.1 Å². The van der Waals surface area contributed by atoms with Crippen molar-refractivity contribution >= 4 is 21.8 Å². The molecule has 0 saturated carbocycles. The molecule has 2 rings (SSSR count).